The van der Waals surface area contributed by atoms with E-state index in [1.165, 1.54) is 0 Å². The number of piperidine rings is 1. The Bertz CT molecular complexity index is 219. The van der Waals surface area contributed by atoms with E-state index in [1.807, 2.05) is 46.0 Å². The summed E-state index contributed by atoms with van der Waals surface area (Å²) in [6.45, 7) is 1.42. The van der Waals surface area contributed by atoms with Crippen molar-refractivity contribution in [2.45, 2.75) is 30.2 Å². The van der Waals surface area contributed by atoms with Gasteiger partial charge in [-0.1, -0.05) is 0 Å². The number of ether oxygens (including phenoxy) is 1. The molecular weight excluding hydrogens is 411 g/mol. The van der Waals surface area contributed by atoms with E-state index in [4.69, 9.17) is 18.7 Å². The summed E-state index contributed by atoms with van der Waals surface area (Å²) in [6, 6.07) is -0.226. The molecule has 4 nitrogen and oxygen atoms in total. The lowest BCUT2D eigenvalue weighted by atomic mass is 9.83. The van der Waals surface area contributed by atoms with Gasteiger partial charge in [0.1, 0.15) is 65.6 Å². The topological polar surface area (TPSA) is 39.7 Å². The van der Waals surface area contributed by atoms with Crippen LogP contribution in [0.2, 0.25) is 0 Å². The Hall–Kier alpha value is 1.36. The first-order valence-electron chi connectivity index (χ1n) is 4.41. The molecule has 14 heavy (non-hydrogen) atoms. The van der Waals surface area contributed by atoms with Gasteiger partial charge in [-0.05, 0) is 13.0 Å². The van der Waals surface area contributed by atoms with Gasteiger partial charge in [-0.3, -0.25) is 0 Å². The van der Waals surface area contributed by atoms with Crippen LogP contribution in [-0.4, -0.2) is 44.7 Å². The monoisotopic (exact) mass is 421 g/mol. The molecule has 2 aliphatic heterocycles. The maximum atomic E-state index is 5.88. The third kappa shape index (κ3) is 1.84. The Balaban J connectivity index is 2.20. The largest absolute Gasteiger partial charge is 0.375 e. The lowest BCUT2D eigenvalue weighted by Gasteiger charge is -2.37. The van der Waals surface area contributed by atoms with Crippen molar-refractivity contribution in [2.24, 2.45) is 0 Å². The molecule has 7 heteroatoms. The first kappa shape index (κ1) is 11.8. The number of hydrogen-bond acceptors (Lipinski definition) is 4. The molecule has 2 saturated heterocycles. The molecule has 2 rings (SSSR count). The van der Waals surface area contributed by atoms with Crippen molar-refractivity contribution >= 4 is 53.9 Å². The third-order valence-corrected chi connectivity index (χ3v) is 3.75. The molecule has 2 fully saturated rings. The lowest BCUT2D eigenvalue weighted by molar-refractivity contribution is -0.0755. The molecule has 2 aliphatic rings. The van der Waals surface area contributed by atoms with E-state index in [0.29, 0.717) is 6.61 Å². The number of rotatable bonds is 3. The van der Waals surface area contributed by atoms with Crippen LogP contribution in [0.25, 0.3) is 0 Å². The molecule has 0 aromatic rings. The summed E-state index contributed by atoms with van der Waals surface area (Å²) in [7, 11) is 5.88. The molecule has 0 aliphatic carbocycles. The van der Waals surface area contributed by atoms with Gasteiger partial charge in [-0.2, -0.15) is 0 Å². The van der Waals surface area contributed by atoms with Gasteiger partial charge in [0.25, 0.3) is 0 Å². The van der Waals surface area contributed by atoms with Crippen molar-refractivity contribution in [3.8, 4) is 0 Å². The zero-order valence-corrected chi connectivity index (χ0v) is 11.7. The van der Waals surface area contributed by atoms with Crippen molar-refractivity contribution in [3.05, 3.63) is 0 Å². The average molecular weight is 421 g/mol. The fraction of sp³-hybridized carbons (Fsp3) is 1.00. The second kappa shape index (κ2) is 4.70. The Morgan fingerprint density at radius 1 is 1.57 bits per heavy atom. The predicted molar refractivity (Wildman–Crippen MR) is 68.6 cm³/mol. The highest BCUT2D eigenvalue weighted by Gasteiger charge is 2.56. The minimum absolute atomic E-state index is 0.0263. The number of fused-ring (bicyclic) bond motifs is 2. The zero-order valence-electron chi connectivity index (χ0n) is 7.41. The summed E-state index contributed by atoms with van der Waals surface area (Å²) in [6.07, 6.45) is 0.843. The standard InChI is InChI=1S/C7H10BI2NO3/c8-6-4-5(14-10)7(13-6,3-12-9)1-2-11-4/h4-6,11H,1-3H2. The molecule has 0 amide bonds. The first-order valence-corrected chi connectivity index (χ1v) is 6.17. The van der Waals surface area contributed by atoms with Gasteiger partial charge in [0.2, 0.25) is 0 Å². The smallest absolute Gasteiger partial charge is 0.122 e. The van der Waals surface area contributed by atoms with Crippen LogP contribution in [0.5, 0.6) is 0 Å². The Morgan fingerprint density at radius 3 is 3.00 bits per heavy atom. The molecular formula is C7H10BI2NO3. The summed E-state index contributed by atoms with van der Waals surface area (Å²) < 4.78 is 16.4. The predicted octanol–water partition coefficient (Wildman–Crippen LogP) is 0.714. The normalized spacial score (nSPS) is 46.9. The molecule has 4 unspecified atom stereocenters. The van der Waals surface area contributed by atoms with E-state index in [0.717, 1.165) is 13.0 Å². The Morgan fingerprint density at radius 2 is 2.36 bits per heavy atom. The van der Waals surface area contributed by atoms with Gasteiger partial charge in [-0.25, -0.2) is 0 Å². The third-order valence-electron chi connectivity index (χ3n) is 2.89. The molecule has 1 N–H and O–H groups in total. The number of halogens is 2. The average Bonchev–Trinajstić information content (AvgIpc) is 2.30. The number of nitrogens with one attached hydrogen (secondary N) is 1. The Kier molecular flexibility index (Phi) is 3.97. The van der Waals surface area contributed by atoms with Crippen LogP contribution in [0.15, 0.2) is 0 Å². The van der Waals surface area contributed by atoms with Crippen molar-refractivity contribution in [3.63, 3.8) is 0 Å². The van der Waals surface area contributed by atoms with Crippen LogP contribution >= 0.6 is 46.0 Å². The summed E-state index contributed by atoms with van der Waals surface area (Å²) in [5.41, 5.74) is -0.363. The quantitative estimate of drug-likeness (QED) is 0.539. The van der Waals surface area contributed by atoms with Crippen LogP contribution in [0.3, 0.4) is 0 Å². The minimum Gasteiger partial charge on any atom is -0.375 e. The van der Waals surface area contributed by atoms with Gasteiger partial charge in [-0.15, -0.1) is 0 Å². The van der Waals surface area contributed by atoms with Crippen LogP contribution in [0.1, 0.15) is 6.42 Å². The molecule has 0 saturated carbocycles. The van der Waals surface area contributed by atoms with Crippen molar-refractivity contribution in [1.82, 2.24) is 5.32 Å². The number of hydrogen-bond donors (Lipinski definition) is 1. The maximum Gasteiger partial charge on any atom is 0.122 e. The second-order valence-electron chi connectivity index (χ2n) is 3.64. The summed E-state index contributed by atoms with van der Waals surface area (Å²) in [5.74, 6) is 0. The molecule has 78 valence electrons. The van der Waals surface area contributed by atoms with E-state index in [-0.39, 0.29) is 23.8 Å². The summed E-state index contributed by atoms with van der Waals surface area (Å²) in [5, 5.41) is 3.31. The van der Waals surface area contributed by atoms with Crippen molar-refractivity contribution < 1.29 is 10.9 Å². The molecule has 2 bridgehead atoms. The lowest BCUT2D eigenvalue weighted by Crippen LogP contribution is -2.57. The van der Waals surface area contributed by atoms with Crippen molar-refractivity contribution in [2.75, 3.05) is 13.2 Å². The van der Waals surface area contributed by atoms with E-state index in [2.05, 4.69) is 5.32 Å². The highest BCUT2D eigenvalue weighted by Crippen LogP contribution is 2.39. The van der Waals surface area contributed by atoms with Gasteiger partial charge in [0, 0.05) is 6.00 Å². The van der Waals surface area contributed by atoms with Gasteiger partial charge in [0.05, 0.1) is 12.6 Å². The van der Waals surface area contributed by atoms with E-state index in [1.54, 1.807) is 0 Å². The van der Waals surface area contributed by atoms with Crippen LogP contribution in [-0.2, 0) is 10.9 Å². The second-order valence-corrected chi connectivity index (χ2v) is 4.77. The fourth-order valence-electron chi connectivity index (χ4n) is 2.20. The van der Waals surface area contributed by atoms with Gasteiger partial charge in [0.15, 0.2) is 0 Å². The molecule has 0 aromatic carbocycles. The maximum absolute atomic E-state index is 5.88. The summed E-state index contributed by atoms with van der Waals surface area (Å²) >= 11 is 3.78. The molecule has 0 aromatic heterocycles. The van der Waals surface area contributed by atoms with Crippen LogP contribution < -0.4 is 5.32 Å². The van der Waals surface area contributed by atoms with Gasteiger partial charge >= 0.3 is 0 Å². The zero-order chi connectivity index (χ0) is 10.2. The Labute approximate surface area is 113 Å². The van der Waals surface area contributed by atoms with E-state index in [9.17, 15) is 0 Å². The van der Waals surface area contributed by atoms with Gasteiger partial charge < -0.3 is 16.2 Å². The molecule has 4 atom stereocenters. The summed E-state index contributed by atoms with van der Waals surface area (Å²) in [4.78, 5) is 0. The SMILES string of the molecule is [B]C1OC2(COI)CCNC1C2OI. The van der Waals surface area contributed by atoms with E-state index >= 15 is 0 Å². The minimum atomic E-state index is -0.363. The fourth-order valence-corrected chi connectivity index (χ4v) is 3.51. The van der Waals surface area contributed by atoms with Crippen molar-refractivity contribution in [1.29, 1.82) is 0 Å². The molecule has 2 heterocycles. The first-order chi connectivity index (χ1) is 6.73. The van der Waals surface area contributed by atoms with Crippen LogP contribution in [0, 0.1) is 0 Å². The molecule has 0 spiro atoms. The highest BCUT2D eigenvalue weighted by atomic mass is 127. The van der Waals surface area contributed by atoms with Crippen LogP contribution in [0.4, 0.5) is 0 Å². The van der Waals surface area contributed by atoms with E-state index < -0.39 is 0 Å². The highest BCUT2D eigenvalue weighted by molar-refractivity contribution is 14.1. The molecule has 2 radical (unpaired) electrons.